The van der Waals surface area contributed by atoms with Crippen molar-refractivity contribution in [3.63, 3.8) is 0 Å². The van der Waals surface area contributed by atoms with Gasteiger partial charge in [0.1, 0.15) is 6.54 Å². The molecule has 0 saturated carbocycles. The Morgan fingerprint density at radius 2 is 2.00 bits per heavy atom. The first-order valence-electron chi connectivity index (χ1n) is 6.97. The van der Waals surface area contributed by atoms with Gasteiger partial charge in [0.15, 0.2) is 12.7 Å². The molecule has 10 nitrogen and oxygen atoms in total. The van der Waals surface area contributed by atoms with E-state index in [1.807, 2.05) is 0 Å². The SMILES string of the molecule is Cc1n(CCO)c([N+](=O)[O-])c[n+]1CC(=O)c1cccc([N+](=O)[O-])c1. The van der Waals surface area contributed by atoms with Crippen LogP contribution in [-0.2, 0) is 13.1 Å². The predicted octanol–water partition coefficient (Wildman–Crippen LogP) is 0.776. The van der Waals surface area contributed by atoms with E-state index in [9.17, 15) is 25.0 Å². The van der Waals surface area contributed by atoms with Crippen LogP contribution < -0.4 is 4.57 Å². The van der Waals surface area contributed by atoms with Gasteiger partial charge >= 0.3 is 5.82 Å². The van der Waals surface area contributed by atoms with Crippen LogP contribution in [0.4, 0.5) is 11.5 Å². The molecular formula is C14H15N4O6+. The van der Waals surface area contributed by atoms with Gasteiger partial charge in [-0.3, -0.25) is 14.9 Å². The maximum atomic E-state index is 12.3. The standard InChI is InChI=1S/C14H15N4O6/c1-10-15(9-14(18(23)24)16(10)5-6-19)8-13(20)11-3-2-4-12(7-11)17(21)22/h2-4,7,9,19H,5-6,8H2,1H3/q+1. The number of hydrogen-bond acceptors (Lipinski definition) is 6. The van der Waals surface area contributed by atoms with Gasteiger partial charge in [0, 0.05) is 24.6 Å². The molecular weight excluding hydrogens is 320 g/mol. The Morgan fingerprint density at radius 3 is 2.58 bits per heavy atom. The molecule has 0 aliphatic carbocycles. The number of carbonyl (C=O) groups is 1. The van der Waals surface area contributed by atoms with Crippen molar-refractivity contribution in [2.45, 2.75) is 20.0 Å². The average molecular weight is 335 g/mol. The van der Waals surface area contributed by atoms with Crippen molar-refractivity contribution in [3.05, 3.63) is 62.1 Å². The molecule has 0 amide bonds. The number of nitro groups is 2. The van der Waals surface area contributed by atoms with Gasteiger partial charge in [0.05, 0.1) is 11.5 Å². The Labute approximate surface area is 135 Å². The van der Waals surface area contributed by atoms with E-state index in [0.717, 1.165) is 6.07 Å². The molecule has 2 rings (SSSR count). The molecule has 24 heavy (non-hydrogen) atoms. The van der Waals surface area contributed by atoms with Crippen LogP contribution in [0.5, 0.6) is 0 Å². The first-order valence-corrected chi connectivity index (χ1v) is 6.97. The van der Waals surface area contributed by atoms with Gasteiger partial charge in [0.25, 0.3) is 11.5 Å². The largest absolute Gasteiger partial charge is 0.392 e. The number of aliphatic hydroxyl groups excluding tert-OH is 1. The molecule has 0 atom stereocenters. The predicted molar refractivity (Wildman–Crippen MR) is 80.5 cm³/mol. The van der Waals surface area contributed by atoms with Crippen LogP contribution in [0.25, 0.3) is 0 Å². The van der Waals surface area contributed by atoms with Crippen LogP contribution in [0.2, 0.25) is 0 Å². The van der Waals surface area contributed by atoms with Gasteiger partial charge in [-0.1, -0.05) is 12.1 Å². The summed E-state index contributed by atoms with van der Waals surface area (Å²) in [5.74, 6) is -0.231. The summed E-state index contributed by atoms with van der Waals surface area (Å²) in [6.45, 7) is 1.13. The molecule has 0 aliphatic heterocycles. The summed E-state index contributed by atoms with van der Waals surface area (Å²) in [5.41, 5.74) is -0.0555. The molecule has 0 unspecified atom stereocenters. The highest BCUT2D eigenvalue weighted by molar-refractivity contribution is 5.95. The van der Waals surface area contributed by atoms with E-state index in [2.05, 4.69) is 0 Å². The molecule has 0 fully saturated rings. The van der Waals surface area contributed by atoms with Gasteiger partial charge in [-0.2, -0.15) is 4.57 Å². The van der Waals surface area contributed by atoms with Crippen molar-refractivity contribution >= 4 is 17.3 Å². The lowest BCUT2D eigenvalue weighted by Crippen LogP contribution is -2.39. The molecule has 0 radical (unpaired) electrons. The monoisotopic (exact) mass is 335 g/mol. The minimum atomic E-state index is -0.600. The van der Waals surface area contributed by atoms with Gasteiger partial charge in [-0.25, -0.2) is 4.57 Å². The smallest absolute Gasteiger partial charge is 0.365 e. The molecule has 0 aliphatic rings. The molecule has 10 heteroatoms. The zero-order valence-electron chi connectivity index (χ0n) is 12.8. The molecule has 126 valence electrons. The fourth-order valence-corrected chi connectivity index (χ4v) is 2.34. The number of aliphatic hydroxyl groups is 1. The first-order chi connectivity index (χ1) is 11.3. The van der Waals surface area contributed by atoms with Crippen LogP contribution >= 0.6 is 0 Å². The number of nitrogens with zero attached hydrogens (tertiary/aromatic N) is 4. The van der Waals surface area contributed by atoms with E-state index in [-0.39, 0.29) is 36.8 Å². The highest BCUT2D eigenvalue weighted by Crippen LogP contribution is 2.15. The molecule has 0 bridgehead atoms. The lowest BCUT2D eigenvalue weighted by molar-refractivity contribution is -0.689. The molecule has 1 aromatic heterocycles. The zero-order chi connectivity index (χ0) is 17.9. The van der Waals surface area contributed by atoms with E-state index in [1.165, 1.54) is 33.5 Å². The van der Waals surface area contributed by atoms with Crippen molar-refractivity contribution in [1.29, 1.82) is 0 Å². The summed E-state index contributed by atoms with van der Waals surface area (Å²) in [6.07, 6.45) is 1.21. The third-order valence-electron chi connectivity index (χ3n) is 3.56. The summed E-state index contributed by atoms with van der Waals surface area (Å²) in [7, 11) is 0. The zero-order valence-corrected chi connectivity index (χ0v) is 12.8. The Balaban J connectivity index is 2.32. The Morgan fingerprint density at radius 1 is 1.29 bits per heavy atom. The summed E-state index contributed by atoms with van der Waals surface area (Å²) < 4.78 is 2.68. The van der Waals surface area contributed by atoms with Crippen LogP contribution in [-0.4, -0.2) is 31.9 Å². The van der Waals surface area contributed by atoms with Gasteiger partial charge in [-0.05, 0) is 4.92 Å². The van der Waals surface area contributed by atoms with E-state index in [0.29, 0.717) is 5.82 Å². The second-order valence-electron chi connectivity index (χ2n) is 5.03. The average Bonchev–Trinajstić information content (AvgIpc) is 2.85. The lowest BCUT2D eigenvalue weighted by atomic mass is 10.1. The first kappa shape index (κ1) is 17.2. The number of ketones is 1. The molecule has 0 spiro atoms. The van der Waals surface area contributed by atoms with Gasteiger partial charge in [0.2, 0.25) is 5.78 Å². The number of Topliss-reactive ketones (excluding diaryl/α,β-unsaturated/α-hetero) is 1. The number of nitro benzene ring substituents is 1. The number of rotatable bonds is 7. The molecule has 2 aromatic rings. The van der Waals surface area contributed by atoms with Crippen LogP contribution in [0.1, 0.15) is 16.2 Å². The van der Waals surface area contributed by atoms with Gasteiger partial charge in [-0.15, -0.1) is 0 Å². The summed E-state index contributed by atoms with van der Waals surface area (Å²) >= 11 is 0. The van der Waals surface area contributed by atoms with Crippen LogP contribution in [0.3, 0.4) is 0 Å². The molecule has 1 heterocycles. The Bertz CT molecular complexity index is 814. The quantitative estimate of drug-likeness (QED) is 0.344. The highest BCUT2D eigenvalue weighted by atomic mass is 16.6. The summed E-state index contributed by atoms with van der Waals surface area (Å²) in [6, 6.07) is 5.29. The highest BCUT2D eigenvalue weighted by Gasteiger charge is 2.25. The number of carbonyl (C=O) groups excluding carboxylic acids is 1. The fourth-order valence-electron chi connectivity index (χ4n) is 2.34. The maximum absolute atomic E-state index is 12.3. The maximum Gasteiger partial charge on any atom is 0.365 e. The number of hydrogen-bond donors (Lipinski definition) is 1. The van der Waals surface area contributed by atoms with Gasteiger partial charge < -0.3 is 15.2 Å². The third kappa shape index (κ3) is 3.43. The minimum Gasteiger partial charge on any atom is -0.392 e. The van der Waals surface area contributed by atoms with Crippen molar-refractivity contribution < 1.29 is 24.3 Å². The Hall–Kier alpha value is -3.14. The van der Waals surface area contributed by atoms with Crippen LogP contribution in [0.15, 0.2) is 30.5 Å². The molecule has 1 N–H and O–H groups in total. The van der Waals surface area contributed by atoms with E-state index in [4.69, 9.17) is 5.11 Å². The van der Waals surface area contributed by atoms with E-state index >= 15 is 0 Å². The second kappa shape index (κ2) is 6.96. The van der Waals surface area contributed by atoms with Crippen molar-refractivity contribution in [3.8, 4) is 0 Å². The normalized spacial score (nSPS) is 10.6. The summed E-state index contributed by atoms with van der Waals surface area (Å²) in [4.78, 5) is 33.0. The number of imidazole rings is 1. The molecule has 1 aromatic carbocycles. The number of benzene rings is 1. The molecule has 0 saturated heterocycles. The lowest BCUT2D eigenvalue weighted by Gasteiger charge is -2.01. The van der Waals surface area contributed by atoms with E-state index in [1.54, 1.807) is 6.92 Å². The van der Waals surface area contributed by atoms with Crippen molar-refractivity contribution in [2.75, 3.05) is 6.61 Å². The summed E-state index contributed by atoms with van der Waals surface area (Å²) in [5, 5.41) is 30.9. The van der Waals surface area contributed by atoms with Crippen molar-refractivity contribution in [1.82, 2.24) is 4.57 Å². The fraction of sp³-hybridized carbons (Fsp3) is 0.286. The minimum absolute atomic E-state index is 0.0279. The van der Waals surface area contributed by atoms with Crippen LogP contribution in [0, 0.1) is 27.2 Å². The number of aromatic nitrogens is 2. The third-order valence-corrected chi connectivity index (χ3v) is 3.56. The van der Waals surface area contributed by atoms with E-state index < -0.39 is 15.6 Å². The Kier molecular flexibility index (Phi) is 4.99. The second-order valence-corrected chi connectivity index (χ2v) is 5.03. The number of non-ortho nitro benzene ring substituents is 1. The topological polar surface area (TPSA) is 132 Å². The van der Waals surface area contributed by atoms with Crippen molar-refractivity contribution in [2.24, 2.45) is 0 Å².